The lowest BCUT2D eigenvalue weighted by atomic mass is 10.1. The number of ether oxygens (including phenoxy) is 2. The topological polar surface area (TPSA) is 35.5 Å². The quantitative estimate of drug-likeness (QED) is 0.347. The molecule has 3 nitrogen and oxygen atoms in total. The molecule has 0 atom stereocenters. The molecule has 0 aromatic heterocycles. The molecule has 3 heteroatoms. The van der Waals surface area contributed by atoms with Gasteiger partial charge in [-0.3, -0.25) is 4.79 Å². The van der Waals surface area contributed by atoms with E-state index in [0.717, 1.165) is 37.2 Å². The summed E-state index contributed by atoms with van der Waals surface area (Å²) in [6.45, 7) is 5.39. The third-order valence-corrected chi connectivity index (χ3v) is 3.78. The maximum absolute atomic E-state index is 11.7. The zero-order chi connectivity index (χ0) is 16.8. The van der Waals surface area contributed by atoms with Crippen LogP contribution in [0.25, 0.3) is 0 Å². The van der Waals surface area contributed by atoms with Gasteiger partial charge in [-0.25, -0.2) is 0 Å². The summed E-state index contributed by atoms with van der Waals surface area (Å²) in [5.41, 5.74) is 1.00. The molecule has 0 bridgehead atoms. The molecule has 0 aliphatic heterocycles. The average molecular weight is 320 g/mol. The van der Waals surface area contributed by atoms with E-state index in [0.29, 0.717) is 13.0 Å². The van der Waals surface area contributed by atoms with Crippen molar-refractivity contribution in [3.63, 3.8) is 0 Å². The van der Waals surface area contributed by atoms with Crippen LogP contribution in [0.4, 0.5) is 0 Å². The van der Waals surface area contributed by atoms with Crippen LogP contribution in [0.2, 0.25) is 0 Å². The Labute approximate surface area is 141 Å². The molecule has 0 N–H and O–H groups in total. The summed E-state index contributed by atoms with van der Waals surface area (Å²) < 4.78 is 10.8. The van der Waals surface area contributed by atoms with Gasteiger partial charge in [-0.1, -0.05) is 64.5 Å². The molecule has 0 aliphatic carbocycles. The average Bonchev–Trinajstić information content (AvgIpc) is 2.58. The summed E-state index contributed by atoms with van der Waals surface area (Å²) in [6, 6.07) is 7.75. The van der Waals surface area contributed by atoms with Gasteiger partial charge >= 0.3 is 5.97 Å². The van der Waals surface area contributed by atoms with E-state index in [9.17, 15) is 4.79 Å². The fourth-order valence-electron chi connectivity index (χ4n) is 2.36. The minimum absolute atomic E-state index is 0.0927. The van der Waals surface area contributed by atoms with Gasteiger partial charge in [0.2, 0.25) is 0 Å². The number of carbonyl (C=O) groups excluding carboxylic acids is 1. The van der Waals surface area contributed by atoms with E-state index in [1.165, 1.54) is 32.1 Å². The van der Waals surface area contributed by atoms with E-state index < -0.39 is 0 Å². The molecule has 0 heterocycles. The summed E-state index contributed by atoms with van der Waals surface area (Å²) in [7, 11) is 0. The molecule has 0 unspecified atom stereocenters. The fraction of sp³-hybridized carbons (Fsp3) is 0.650. The van der Waals surface area contributed by atoms with E-state index in [2.05, 4.69) is 13.8 Å². The van der Waals surface area contributed by atoms with Crippen LogP contribution >= 0.6 is 0 Å². The Hall–Kier alpha value is -1.51. The zero-order valence-corrected chi connectivity index (χ0v) is 14.8. The van der Waals surface area contributed by atoms with Gasteiger partial charge in [0.05, 0.1) is 6.61 Å². The van der Waals surface area contributed by atoms with Crippen molar-refractivity contribution < 1.29 is 14.3 Å². The highest BCUT2D eigenvalue weighted by molar-refractivity contribution is 5.69. The molecule has 1 rings (SSSR count). The van der Waals surface area contributed by atoms with Crippen LogP contribution in [-0.2, 0) is 16.1 Å². The van der Waals surface area contributed by atoms with Crippen LogP contribution < -0.4 is 4.74 Å². The highest BCUT2D eigenvalue weighted by Gasteiger charge is 2.04. The molecule has 0 saturated carbocycles. The standard InChI is InChI=1S/C20H32O3/c1-3-5-6-7-8-9-10-11-20(21)23-17-18-12-14-19(15-13-18)22-16-4-2/h12-15H,3-11,16-17H2,1-2H3. The number of carbonyl (C=O) groups is 1. The number of benzene rings is 1. The Morgan fingerprint density at radius 2 is 1.52 bits per heavy atom. The predicted octanol–water partition coefficient (Wildman–Crippen LogP) is 5.66. The van der Waals surface area contributed by atoms with Crippen molar-refractivity contribution in [2.75, 3.05) is 6.61 Å². The van der Waals surface area contributed by atoms with E-state index in [1.807, 2.05) is 24.3 Å². The van der Waals surface area contributed by atoms with Crippen LogP contribution in [0.5, 0.6) is 5.75 Å². The molecule has 1 aromatic rings. The second kappa shape index (κ2) is 13.0. The van der Waals surface area contributed by atoms with Crippen LogP contribution in [-0.4, -0.2) is 12.6 Å². The molecular formula is C20H32O3. The number of hydrogen-bond acceptors (Lipinski definition) is 3. The lowest BCUT2D eigenvalue weighted by Crippen LogP contribution is -2.04. The molecule has 1 aromatic carbocycles. The Bertz CT molecular complexity index is 411. The van der Waals surface area contributed by atoms with Crippen molar-refractivity contribution in [1.29, 1.82) is 0 Å². The summed E-state index contributed by atoms with van der Waals surface area (Å²) >= 11 is 0. The van der Waals surface area contributed by atoms with Crippen LogP contribution in [0.1, 0.15) is 77.2 Å². The molecule has 130 valence electrons. The van der Waals surface area contributed by atoms with Crippen LogP contribution in [0.15, 0.2) is 24.3 Å². The van der Waals surface area contributed by atoms with Crippen molar-refractivity contribution >= 4 is 5.97 Å². The molecule has 0 radical (unpaired) electrons. The van der Waals surface area contributed by atoms with Gasteiger partial charge < -0.3 is 9.47 Å². The number of rotatable bonds is 13. The van der Waals surface area contributed by atoms with E-state index in [4.69, 9.17) is 9.47 Å². The van der Waals surface area contributed by atoms with Gasteiger partial charge in [-0.2, -0.15) is 0 Å². The highest BCUT2D eigenvalue weighted by Crippen LogP contribution is 2.14. The summed E-state index contributed by atoms with van der Waals surface area (Å²) in [5, 5.41) is 0. The first kappa shape index (κ1) is 19.5. The maximum Gasteiger partial charge on any atom is 0.306 e. The van der Waals surface area contributed by atoms with E-state index >= 15 is 0 Å². The molecule has 0 aliphatic rings. The van der Waals surface area contributed by atoms with Crippen molar-refractivity contribution in [2.45, 2.75) is 78.2 Å². The second-order valence-electron chi connectivity index (χ2n) is 6.02. The minimum atomic E-state index is -0.0927. The first-order chi connectivity index (χ1) is 11.3. The highest BCUT2D eigenvalue weighted by atomic mass is 16.5. The lowest BCUT2D eigenvalue weighted by molar-refractivity contribution is -0.145. The van der Waals surface area contributed by atoms with Gasteiger partial charge in [0, 0.05) is 6.42 Å². The summed E-state index contributed by atoms with van der Waals surface area (Å²) in [4.78, 5) is 11.7. The van der Waals surface area contributed by atoms with Gasteiger partial charge in [0.1, 0.15) is 12.4 Å². The largest absolute Gasteiger partial charge is 0.494 e. The SMILES string of the molecule is CCCCCCCCCC(=O)OCc1ccc(OCCC)cc1. The molecule has 0 saturated heterocycles. The third-order valence-electron chi connectivity index (χ3n) is 3.78. The summed E-state index contributed by atoms with van der Waals surface area (Å²) in [6.07, 6.45) is 10.0. The van der Waals surface area contributed by atoms with Crippen LogP contribution in [0, 0.1) is 0 Å². The number of hydrogen-bond donors (Lipinski definition) is 0. The Kier molecular flexibility index (Phi) is 11.0. The Balaban J connectivity index is 2.08. The molecular weight excluding hydrogens is 288 g/mol. The van der Waals surface area contributed by atoms with Gasteiger partial charge in [0.15, 0.2) is 0 Å². The molecule has 23 heavy (non-hydrogen) atoms. The zero-order valence-electron chi connectivity index (χ0n) is 14.8. The Morgan fingerprint density at radius 1 is 0.870 bits per heavy atom. The van der Waals surface area contributed by atoms with Crippen LogP contribution in [0.3, 0.4) is 0 Å². The van der Waals surface area contributed by atoms with Gasteiger partial charge in [-0.05, 0) is 30.5 Å². The van der Waals surface area contributed by atoms with Crippen molar-refractivity contribution in [3.8, 4) is 5.75 Å². The first-order valence-electron chi connectivity index (χ1n) is 9.13. The van der Waals surface area contributed by atoms with E-state index in [-0.39, 0.29) is 5.97 Å². The normalized spacial score (nSPS) is 10.5. The van der Waals surface area contributed by atoms with Gasteiger partial charge in [-0.15, -0.1) is 0 Å². The number of esters is 1. The minimum Gasteiger partial charge on any atom is -0.494 e. The third kappa shape index (κ3) is 9.98. The second-order valence-corrected chi connectivity index (χ2v) is 6.02. The predicted molar refractivity (Wildman–Crippen MR) is 94.6 cm³/mol. The maximum atomic E-state index is 11.7. The first-order valence-corrected chi connectivity index (χ1v) is 9.13. The van der Waals surface area contributed by atoms with Crippen molar-refractivity contribution in [3.05, 3.63) is 29.8 Å². The fourth-order valence-corrected chi connectivity index (χ4v) is 2.36. The molecule has 0 amide bonds. The van der Waals surface area contributed by atoms with Gasteiger partial charge in [0.25, 0.3) is 0 Å². The summed E-state index contributed by atoms with van der Waals surface area (Å²) in [5.74, 6) is 0.773. The Morgan fingerprint density at radius 3 is 2.17 bits per heavy atom. The monoisotopic (exact) mass is 320 g/mol. The molecule has 0 fully saturated rings. The van der Waals surface area contributed by atoms with Crippen molar-refractivity contribution in [1.82, 2.24) is 0 Å². The van der Waals surface area contributed by atoms with E-state index in [1.54, 1.807) is 0 Å². The lowest BCUT2D eigenvalue weighted by Gasteiger charge is -2.07. The molecule has 0 spiro atoms. The smallest absolute Gasteiger partial charge is 0.306 e. The number of unbranched alkanes of at least 4 members (excludes halogenated alkanes) is 6. The van der Waals surface area contributed by atoms with Crippen molar-refractivity contribution in [2.24, 2.45) is 0 Å².